The third-order valence-electron chi connectivity index (χ3n) is 7.74. The van der Waals surface area contributed by atoms with Crippen LogP contribution >= 0.6 is 23.2 Å². The van der Waals surface area contributed by atoms with Gasteiger partial charge in [0.25, 0.3) is 0 Å². The molecule has 5 nitrogen and oxygen atoms in total. The SMILES string of the molecule is COC(=O)C(c1ccc(Cl)cc1)(c1ccc(Cl)cc1)c1ccc2nc(C3CC3)n(C[C@@H](O)c3ccccc3)c2c1. The maximum Gasteiger partial charge on any atom is 0.325 e. The smallest absolute Gasteiger partial charge is 0.325 e. The number of methoxy groups -OCH3 is 1. The first-order chi connectivity index (χ1) is 19.4. The Balaban J connectivity index is 1.58. The lowest BCUT2D eigenvalue weighted by Gasteiger charge is -2.33. The molecule has 7 heteroatoms. The second kappa shape index (κ2) is 10.7. The van der Waals surface area contributed by atoms with Gasteiger partial charge in [-0.25, -0.2) is 4.98 Å². The highest BCUT2D eigenvalue weighted by Gasteiger charge is 2.45. The number of esters is 1. The van der Waals surface area contributed by atoms with E-state index >= 15 is 0 Å². The number of rotatable bonds is 8. The van der Waals surface area contributed by atoms with E-state index in [1.807, 2.05) is 72.8 Å². The van der Waals surface area contributed by atoms with Crippen LogP contribution in [0.5, 0.6) is 0 Å². The van der Waals surface area contributed by atoms with E-state index in [1.54, 1.807) is 24.3 Å². The molecule has 1 saturated carbocycles. The number of fused-ring (bicyclic) bond motifs is 1. The van der Waals surface area contributed by atoms with Crippen LogP contribution in [0.25, 0.3) is 11.0 Å². The number of carbonyl (C=O) groups excluding carboxylic acids is 1. The Kier molecular flexibility index (Phi) is 7.13. The van der Waals surface area contributed by atoms with Crippen LogP contribution in [-0.2, 0) is 21.5 Å². The fourth-order valence-corrected chi connectivity index (χ4v) is 5.83. The molecule has 0 saturated heterocycles. The normalized spacial score (nSPS) is 14.3. The van der Waals surface area contributed by atoms with Crippen LogP contribution in [0.1, 0.15) is 52.9 Å². The van der Waals surface area contributed by atoms with Crippen molar-refractivity contribution in [3.05, 3.63) is 135 Å². The summed E-state index contributed by atoms with van der Waals surface area (Å²) in [7, 11) is 1.40. The van der Waals surface area contributed by atoms with Gasteiger partial charge in [-0.1, -0.05) is 83.9 Å². The van der Waals surface area contributed by atoms with Gasteiger partial charge in [0.2, 0.25) is 0 Å². The van der Waals surface area contributed by atoms with E-state index in [0.717, 1.165) is 35.3 Å². The van der Waals surface area contributed by atoms with Crippen molar-refractivity contribution in [2.24, 2.45) is 0 Å². The number of hydrogen-bond acceptors (Lipinski definition) is 4. The first-order valence-corrected chi connectivity index (χ1v) is 14.0. The summed E-state index contributed by atoms with van der Waals surface area (Å²) in [5, 5.41) is 12.3. The van der Waals surface area contributed by atoms with Gasteiger partial charge in [-0.2, -0.15) is 0 Å². The van der Waals surface area contributed by atoms with Gasteiger partial charge in [0.15, 0.2) is 0 Å². The van der Waals surface area contributed by atoms with E-state index in [0.29, 0.717) is 39.2 Å². The summed E-state index contributed by atoms with van der Waals surface area (Å²) in [6, 6.07) is 30.0. The zero-order valence-corrected chi connectivity index (χ0v) is 23.4. The van der Waals surface area contributed by atoms with E-state index in [2.05, 4.69) is 4.57 Å². The molecule has 0 bridgehead atoms. The molecule has 0 unspecified atom stereocenters. The summed E-state index contributed by atoms with van der Waals surface area (Å²) in [4.78, 5) is 18.9. The summed E-state index contributed by atoms with van der Waals surface area (Å²) in [6.07, 6.45) is 1.43. The molecule has 4 aromatic carbocycles. The minimum atomic E-state index is -1.30. The Labute approximate surface area is 243 Å². The lowest BCUT2D eigenvalue weighted by Crippen LogP contribution is -2.39. The highest BCUT2D eigenvalue weighted by molar-refractivity contribution is 6.30. The Morgan fingerprint density at radius 2 is 1.50 bits per heavy atom. The van der Waals surface area contributed by atoms with Gasteiger partial charge in [0, 0.05) is 16.0 Å². The maximum atomic E-state index is 14.0. The van der Waals surface area contributed by atoms with Crippen LogP contribution in [0.15, 0.2) is 97.1 Å². The van der Waals surface area contributed by atoms with Crippen molar-refractivity contribution in [1.29, 1.82) is 0 Å². The Morgan fingerprint density at radius 3 is 2.05 bits per heavy atom. The monoisotopic (exact) mass is 570 g/mol. The van der Waals surface area contributed by atoms with Gasteiger partial charge in [-0.3, -0.25) is 4.79 Å². The van der Waals surface area contributed by atoms with Gasteiger partial charge in [0.05, 0.1) is 30.8 Å². The average molecular weight is 572 g/mol. The molecule has 40 heavy (non-hydrogen) atoms. The van der Waals surface area contributed by atoms with E-state index in [9.17, 15) is 9.90 Å². The molecule has 1 aliphatic rings. The molecular weight excluding hydrogens is 543 g/mol. The molecule has 0 radical (unpaired) electrons. The number of aliphatic hydroxyl groups is 1. The van der Waals surface area contributed by atoms with Crippen molar-refractivity contribution in [2.45, 2.75) is 36.8 Å². The third-order valence-corrected chi connectivity index (χ3v) is 8.24. The van der Waals surface area contributed by atoms with Gasteiger partial charge in [-0.05, 0) is 71.5 Å². The van der Waals surface area contributed by atoms with Crippen LogP contribution < -0.4 is 0 Å². The minimum absolute atomic E-state index is 0.350. The van der Waals surface area contributed by atoms with E-state index in [4.69, 9.17) is 32.9 Å². The second-order valence-corrected chi connectivity index (χ2v) is 11.1. The summed E-state index contributed by atoms with van der Waals surface area (Å²) >= 11 is 12.5. The van der Waals surface area contributed by atoms with Crippen LogP contribution in [-0.4, -0.2) is 27.7 Å². The third kappa shape index (κ3) is 4.68. The number of hydrogen-bond donors (Lipinski definition) is 1. The zero-order valence-electron chi connectivity index (χ0n) is 21.9. The van der Waals surface area contributed by atoms with Gasteiger partial charge >= 0.3 is 5.97 Å². The number of carbonyl (C=O) groups is 1. The quantitative estimate of drug-likeness (QED) is 0.155. The van der Waals surface area contributed by atoms with Crippen LogP contribution in [0.4, 0.5) is 0 Å². The second-order valence-electron chi connectivity index (χ2n) is 10.2. The predicted molar refractivity (Wildman–Crippen MR) is 158 cm³/mol. The number of ether oxygens (including phenoxy) is 1. The Bertz CT molecular complexity index is 1620. The molecule has 0 spiro atoms. The Morgan fingerprint density at radius 1 is 0.925 bits per heavy atom. The predicted octanol–water partition coefficient (Wildman–Crippen LogP) is 7.46. The molecular formula is C33H28Cl2N2O3. The number of imidazole rings is 1. The van der Waals surface area contributed by atoms with E-state index in [1.165, 1.54) is 7.11 Å². The van der Waals surface area contributed by atoms with Crippen molar-refractivity contribution >= 4 is 40.2 Å². The highest BCUT2D eigenvalue weighted by Crippen LogP contribution is 2.44. The van der Waals surface area contributed by atoms with Crippen molar-refractivity contribution in [1.82, 2.24) is 9.55 Å². The molecule has 1 aliphatic carbocycles. The van der Waals surface area contributed by atoms with Gasteiger partial charge < -0.3 is 14.4 Å². The number of halogens is 2. The lowest BCUT2D eigenvalue weighted by atomic mass is 9.69. The van der Waals surface area contributed by atoms with Crippen molar-refractivity contribution < 1.29 is 14.6 Å². The molecule has 0 aliphatic heterocycles. The zero-order chi connectivity index (χ0) is 27.9. The number of benzene rings is 4. The topological polar surface area (TPSA) is 64.3 Å². The molecule has 0 amide bonds. The summed E-state index contributed by atoms with van der Waals surface area (Å²) in [5.74, 6) is 0.884. The minimum Gasteiger partial charge on any atom is -0.468 e. The van der Waals surface area contributed by atoms with E-state index < -0.39 is 17.5 Å². The highest BCUT2D eigenvalue weighted by atomic mass is 35.5. The first-order valence-electron chi connectivity index (χ1n) is 13.3. The molecule has 1 N–H and O–H groups in total. The fraction of sp³-hybridized carbons (Fsp3) is 0.212. The van der Waals surface area contributed by atoms with Crippen LogP contribution in [0.3, 0.4) is 0 Å². The molecule has 6 rings (SSSR count). The first kappa shape index (κ1) is 26.6. The molecule has 1 aromatic heterocycles. The van der Waals surface area contributed by atoms with Crippen molar-refractivity contribution in [3.8, 4) is 0 Å². The molecule has 1 fully saturated rings. The molecule has 1 atom stereocenters. The number of aromatic nitrogens is 2. The molecule has 202 valence electrons. The van der Waals surface area contributed by atoms with Crippen molar-refractivity contribution in [2.75, 3.05) is 7.11 Å². The lowest BCUT2D eigenvalue weighted by molar-refractivity contribution is -0.144. The van der Waals surface area contributed by atoms with E-state index in [-0.39, 0.29) is 0 Å². The van der Waals surface area contributed by atoms with Crippen LogP contribution in [0.2, 0.25) is 10.0 Å². The summed E-state index contributed by atoms with van der Waals surface area (Å²) < 4.78 is 7.60. The number of nitrogens with zero attached hydrogens (tertiary/aromatic N) is 2. The van der Waals surface area contributed by atoms with Crippen molar-refractivity contribution in [3.63, 3.8) is 0 Å². The molecule has 5 aromatic rings. The molecule has 1 heterocycles. The van der Waals surface area contributed by atoms with Gasteiger partial charge in [-0.15, -0.1) is 0 Å². The summed E-state index contributed by atoms with van der Waals surface area (Å²) in [6.45, 7) is 0.350. The van der Waals surface area contributed by atoms with Gasteiger partial charge in [0.1, 0.15) is 11.2 Å². The fourth-order valence-electron chi connectivity index (χ4n) is 5.58. The maximum absolute atomic E-state index is 14.0. The summed E-state index contributed by atoms with van der Waals surface area (Å²) in [5.41, 5.74) is 3.35. The average Bonchev–Trinajstić information content (AvgIpc) is 3.77. The standard InChI is InChI=1S/C33H28Cl2N2O3/c1-40-32(39)33(23-9-14-26(34)15-10-23,24-11-16-27(35)17-12-24)25-13-18-28-29(19-25)37(31(36-28)22-7-8-22)20-30(38)21-5-3-2-4-6-21/h2-6,9-19,22,30,38H,7-8,20H2,1H3/t30-/m1/s1. The largest absolute Gasteiger partial charge is 0.468 e. The Hall–Kier alpha value is -3.64. The number of aliphatic hydroxyl groups excluding tert-OH is 1. The van der Waals surface area contributed by atoms with Crippen LogP contribution in [0, 0.1) is 0 Å².